The first-order valence-corrected chi connectivity index (χ1v) is 18.7. The van der Waals surface area contributed by atoms with Gasteiger partial charge in [-0.3, -0.25) is 9.97 Å². The van der Waals surface area contributed by atoms with Crippen LogP contribution in [0, 0.1) is 5.92 Å². The van der Waals surface area contributed by atoms with E-state index < -0.39 is 0 Å². The van der Waals surface area contributed by atoms with Gasteiger partial charge in [-0.15, -0.1) is 24.8 Å². The number of allylic oxidation sites excluding steroid dienone is 2. The minimum Gasteiger partial charge on any atom is -0.384 e. The first kappa shape index (κ1) is 37.0. The number of benzene rings is 2. The van der Waals surface area contributed by atoms with Crippen LogP contribution in [0.1, 0.15) is 112 Å². The van der Waals surface area contributed by atoms with Crippen molar-refractivity contribution in [2.45, 2.75) is 109 Å². The van der Waals surface area contributed by atoms with Crippen molar-refractivity contribution in [1.82, 2.24) is 9.97 Å². The molecule has 0 unspecified atom stereocenters. The molecule has 0 saturated heterocycles. The minimum atomic E-state index is 0. The average Bonchev–Trinajstić information content (AvgIpc) is 3.03. The highest BCUT2D eigenvalue weighted by Crippen LogP contribution is 2.47. The predicted molar refractivity (Wildman–Crippen MR) is 211 cm³/mol. The Balaban J connectivity index is 0.00000225. The van der Waals surface area contributed by atoms with Gasteiger partial charge in [-0.05, 0) is 119 Å². The summed E-state index contributed by atoms with van der Waals surface area (Å²) in [6.07, 6.45) is 20.9. The number of halogens is 4. The topological polar surface area (TPSA) is 49.8 Å². The van der Waals surface area contributed by atoms with Gasteiger partial charge in [0.25, 0.3) is 0 Å². The molecular formula is C40H50Cl4N4. The van der Waals surface area contributed by atoms with Crippen molar-refractivity contribution in [2.75, 3.05) is 23.7 Å². The largest absolute Gasteiger partial charge is 0.384 e. The van der Waals surface area contributed by atoms with E-state index in [0.29, 0.717) is 11.8 Å². The summed E-state index contributed by atoms with van der Waals surface area (Å²) >= 11 is 12.7. The van der Waals surface area contributed by atoms with Crippen molar-refractivity contribution in [3.05, 3.63) is 80.6 Å². The Hall–Kier alpha value is -2.24. The van der Waals surface area contributed by atoms with Crippen molar-refractivity contribution in [3.63, 3.8) is 0 Å². The monoisotopic (exact) mass is 726 g/mol. The van der Waals surface area contributed by atoms with Crippen molar-refractivity contribution >= 4 is 81.2 Å². The molecule has 8 heteroatoms. The highest BCUT2D eigenvalue weighted by atomic mass is 35.5. The molecule has 0 aliphatic heterocycles. The molecule has 0 radical (unpaired) electrons. The molecule has 0 saturated carbocycles. The number of rotatable bonds is 13. The Morgan fingerprint density at radius 1 is 0.688 bits per heavy atom. The van der Waals surface area contributed by atoms with E-state index in [0.717, 1.165) is 59.9 Å². The van der Waals surface area contributed by atoms with Gasteiger partial charge in [-0.25, -0.2) is 0 Å². The standard InChI is InChI=1S/C40H48Cl2N4.2ClH/c1-26-20-27-22-28(21-26)38-37(23-27)46-36-25-30(42)15-17-33(36)40(38)44-19-11-7-5-3-2-4-6-10-18-43-39-31-12-8-9-13-34(31)45-35-24-29(41)14-16-32(35)39;;/h14-17,20,24-25,27-28H,2-13,18-19,21-23H2,1H3,(H,43,45)(H,44,46);2*1H/t27-,28+;;/m1../s1. The molecule has 258 valence electrons. The number of pyridine rings is 2. The van der Waals surface area contributed by atoms with Gasteiger partial charge in [0, 0.05) is 62.2 Å². The zero-order chi connectivity index (χ0) is 31.5. The van der Waals surface area contributed by atoms with E-state index in [1.54, 1.807) is 0 Å². The summed E-state index contributed by atoms with van der Waals surface area (Å²) in [5, 5.41) is 11.7. The van der Waals surface area contributed by atoms with Crippen LogP contribution in [0.15, 0.2) is 48.0 Å². The Bertz CT molecular complexity index is 1750. The molecule has 0 fully saturated rings. The quantitative estimate of drug-likeness (QED) is 0.106. The van der Waals surface area contributed by atoms with E-state index in [1.807, 2.05) is 24.3 Å². The number of nitrogens with zero attached hydrogens (tertiary/aromatic N) is 2. The van der Waals surface area contributed by atoms with Gasteiger partial charge < -0.3 is 10.6 Å². The third-order valence-corrected chi connectivity index (χ3v) is 11.0. The van der Waals surface area contributed by atoms with Crippen LogP contribution < -0.4 is 10.6 Å². The Morgan fingerprint density at radius 2 is 1.25 bits per heavy atom. The molecule has 3 aliphatic carbocycles. The van der Waals surface area contributed by atoms with Crippen LogP contribution in [-0.2, 0) is 19.3 Å². The highest BCUT2D eigenvalue weighted by Gasteiger charge is 2.33. The van der Waals surface area contributed by atoms with Crippen molar-refractivity contribution in [1.29, 1.82) is 0 Å². The van der Waals surface area contributed by atoms with Gasteiger partial charge >= 0.3 is 0 Å². The second-order valence-corrected chi connectivity index (χ2v) is 15.0. The summed E-state index contributed by atoms with van der Waals surface area (Å²) in [7, 11) is 0. The molecule has 2 atom stereocenters. The molecule has 0 amide bonds. The normalized spacial score (nSPS) is 17.9. The maximum absolute atomic E-state index is 6.38. The van der Waals surface area contributed by atoms with Crippen LogP contribution in [0.4, 0.5) is 11.4 Å². The SMILES string of the molecule is CC1=C[C@H]2Cc3nc4cc(Cl)ccc4c(NCCCCCCCCCCNc4c5c(nc6cc(Cl)ccc46)CCCC5)c3[C@@H](C1)C2.Cl.Cl. The molecule has 2 aromatic heterocycles. The van der Waals surface area contributed by atoms with Gasteiger partial charge in [0.05, 0.1) is 11.0 Å². The number of unbranched alkanes of at least 4 members (excludes halogenated alkanes) is 7. The van der Waals surface area contributed by atoms with Gasteiger partial charge in [-0.1, -0.05) is 73.4 Å². The summed E-state index contributed by atoms with van der Waals surface area (Å²) in [6.45, 7) is 4.34. The zero-order valence-electron chi connectivity index (χ0n) is 28.2. The summed E-state index contributed by atoms with van der Waals surface area (Å²) in [4.78, 5) is 10.1. The summed E-state index contributed by atoms with van der Waals surface area (Å²) < 4.78 is 0. The molecule has 2 aromatic carbocycles. The van der Waals surface area contributed by atoms with E-state index in [-0.39, 0.29) is 24.8 Å². The molecule has 2 bridgehead atoms. The number of fused-ring (bicyclic) bond motifs is 7. The van der Waals surface area contributed by atoms with Crippen LogP contribution >= 0.6 is 48.0 Å². The average molecular weight is 729 g/mol. The second kappa shape index (κ2) is 17.1. The van der Waals surface area contributed by atoms with E-state index in [1.165, 1.54) is 121 Å². The molecule has 48 heavy (non-hydrogen) atoms. The van der Waals surface area contributed by atoms with E-state index in [2.05, 4.69) is 35.8 Å². The van der Waals surface area contributed by atoms with Gasteiger partial charge in [-0.2, -0.15) is 0 Å². The molecule has 2 heterocycles. The fraction of sp³-hybridized carbons (Fsp3) is 0.500. The minimum absolute atomic E-state index is 0. The van der Waals surface area contributed by atoms with Gasteiger partial charge in [0.1, 0.15) is 0 Å². The lowest BCUT2D eigenvalue weighted by molar-refractivity contribution is 0.433. The van der Waals surface area contributed by atoms with Crippen LogP contribution in [-0.4, -0.2) is 23.1 Å². The van der Waals surface area contributed by atoms with Crippen molar-refractivity contribution in [2.24, 2.45) is 5.92 Å². The predicted octanol–water partition coefficient (Wildman–Crippen LogP) is 12.5. The number of hydrogen-bond acceptors (Lipinski definition) is 4. The number of aryl methyl sites for hydroxylation is 1. The summed E-state index contributed by atoms with van der Waals surface area (Å²) in [5.74, 6) is 1.21. The molecule has 0 spiro atoms. The number of aromatic nitrogens is 2. The van der Waals surface area contributed by atoms with E-state index in [4.69, 9.17) is 33.2 Å². The Morgan fingerprint density at radius 3 is 1.92 bits per heavy atom. The van der Waals surface area contributed by atoms with E-state index >= 15 is 0 Å². The molecule has 4 aromatic rings. The summed E-state index contributed by atoms with van der Waals surface area (Å²) in [5.41, 5.74) is 11.7. The van der Waals surface area contributed by atoms with E-state index in [9.17, 15) is 0 Å². The second-order valence-electron chi connectivity index (χ2n) is 14.1. The molecule has 3 aliphatic rings. The van der Waals surface area contributed by atoms with Crippen LogP contribution in [0.2, 0.25) is 10.0 Å². The third-order valence-electron chi connectivity index (χ3n) is 10.5. The van der Waals surface area contributed by atoms with Crippen LogP contribution in [0.25, 0.3) is 21.8 Å². The lowest BCUT2D eigenvalue weighted by Gasteiger charge is -2.36. The van der Waals surface area contributed by atoms with Gasteiger partial charge in [0.2, 0.25) is 0 Å². The van der Waals surface area contributed by atoms with Crippen LogP contribution in [0.3, 0.4) is 0 Å². The lowest BCUT2D eigenvalue weighted by atomic mass is 9.71. The fourth-order valence-electron chi connectivity index (χ4n) is 8.41. The Labute approximate surface area is 309 Å². The van der Waals surface area contributed by atoms with Gasteiger partial charge in [0.15, 0.2) is 0 Å². The molecule has 2 N–H and O–H groups in total. The Kier molecular flexibility index (Phi) is 13.2. The maximum Gasteiger partial charge on any atom is 0.0741 e. The zero-order valence-corrected chi connectivity index (χ0v) is 31.3. The number of anilines is 2. The molecular weight excluding hydrogens is 678 g/mol. The van der Waals surface area contributed by atoms with Crippen LogP contribution in [0.5, 0.6) is 0 Å². The molecule has 4 nitrogen and oxygen atoms in total. The number of hydrogen-bond donors (Lipinski definition) is 2. The third kappa shape index (κ3) is 8.37. The molecule has 7 rings (SSSR count). The maximum atomic E-state index is 6.38. The van der Waals surface area contributed by atoms with Crippen molar-refractivity contribution < 1.29 is 0 Å². The number of nitrogens with one attached hydrogen (secondary N) is 2. The highest BCUT2D eigenvalue weighted by molar-refractivity contribution is 6.31. The first-order chi connectivity index (χ1) is 22.5. The lowest BCUT2D eigenvalue weighted by Crippen LogP contribution is -2.24. The van der Waals surface area contributed by atoms with Crippen molar-refractivity contribution in [3.8, 4) is 0 Å². The smallest absolute Gasteiger partial charge is 0.0741 e. The summed E-state index contributed by atoms with van der Waals surface area (Å²) in [6, 6.07) is 12.4. The fourth-order valence-corrected chi connectivity index (χ4v) is 8.75. The first-order valence-electron chi connectivity index (χ1n) is 17.9.